The van der Waals surface area contributed by atoms with Crippen molar-refractivity contribution in [2.75, 3.05) is 0 Å². The van der Waals surface area contributed by atoms with E-state index in [1.165, 1.54) is 39.9 Å². The van der Waals surface area contributed by atoms with E-state index in [-0.39, 0.29) is 5.97 Å². The molecule has 1 aliphatic carbocycles. The maximum atomic E-state index is 11.9. The first kappa shape index (κ1) is 15.4. The summed E-state index contributed by atoms with van der Waals surface area (Å²) in [5.41, 5.74) is 4.97. The average molecular weight is 360 g/mol. The molecule has 0 saturated carbocycles. The molecule has 0 amide bonds. The molecule has 0 unspecified atom stereocenters. The van der Waals surface area contributed by atoms with Crippen molar-refractivity contribution in [2.45, 2.75) is 6.92 Å². The summed E-state index contributed by atoms with van der Waals surface area (Å²) in [5, 5.41) is 6.59. The smallest absolute Gasteiger partial charge is 0.308 e. The Morgan fingerprint density at radius 3 is 2.14 bits per heavy atom. The van der Waals surface area contributed by atoms with Gasteiger partial charge in [0.05, 0.1) is 0 Å². The molecule has 0 bridgehead atoms. The predicted octanol–water partition coefficient (Wildman–Crippen LogP) is 6.72. The first-order valence-corrected chi connectivity index (χ1v) is 9.42. The fraction of sp³-hybridized carbons (Fsp3) is 0.0385. The number of benzene rings is 5. The van der Waals surface area contributed by atoms with Gasteiger partial charge >= 0.3 is 5.97 Å². The zero-order valence-electron chi connectivity index (χ0n) is 15.3. The van der Waals surface area contributed by atoms with Gasteiger partial charge in [-0.2, -0.15) is 0 Å². The molecule has 0 saturated heterocycles. The quantitative estimate of drug-likeness (QED) is 0.141. The molecule has 132 valence electrons. The molecule has 0 radical (unpaired) electrons. The molecule has 1 aliphatic rings. The Hall–Kier alpha value is -3.65. The van der Waals surface area contributed by atoms with Crippen LogP contribution in [0, 0.1) is 0 Å². The van der Waals surface area contributed by atoms with E-state index in [0.29, 0.717) is 5.75 Å². The minimum atomic E-state index is -0.302. The summed E-state index contributed by atoms with van der Waals surface area (Å²) in [6, 6.07) is 27.5. The normalized spacial score (nSPS) is 11.9. The van der Waals surface area contributed by atoms with Crippen LogP contribution >= 0.6 is 0 Å². The highest BCUT2D eigenvalue weighted by atomic mass is 16.5. The van der Waals surface area contributed by atoms with Crippen molar-refractivity contribution in [3.05, 3.63) is 78.9 Å². The van der Waals surface area contributed by atoms with E-state index in [2.05, 4.69) is 60.7 Å². The summed E-state index contributed by atoms with van der Waals surface area (Å²) in [5.74, 6) is 0.344. The van der Waals surface area contributed by atoms with E-state index < -0.39 is 0 Å². The highest BCUT2D eigenvalue weighted by molar-refractivity contribution is 6.26. The molecule has 0 spiro atoms. The van der Waals surface area contributed by atoms with E-state index in [9.17, 15) is 4.79 Å². The summed E-state index contributed by atoms with van der Waals surface area (Å²) < 4.78 is 5.76. The first-order valence-electron chi connectivity index (χ1n) is 9.42. The number of rotatable bonds is 1. The number of hydrogen-bond acceptors (Lipinski definition) is 2. The van der Waals surface area contributed by atoms with Crippen molar-refractivity contribution in [3.63, 3.8) is 0 Å². The van der Waals surface area contributed by atoms with E-state index in [1.54, 1.807) is 0 Å². The van der Waals surface area contributed by atoms with Gasteiger partial charge in [-0.05, 0) is 55.9 Å². The van der Waals surface area contributed by atoms with Crippen LogP contribution in [0.2, 0.25) is 0 Å². The van der Waals surface area contributed by atoms with E-state index in [0.717, 1.165) is 21.5 Å². The van der Waals surface area contributed by atoms with Crippen LogP contribution in [0.3, 0.4) is 0 Å². The summed E-state index contributed by atoms with van der Waals surface area (Å²) in [6.45, 7) is 1.46. The largest absolute Gasteiger partial charge is 0.425 e. The lowest BCUT2D eigenvalue weighted by Crippen LogP contribution is -2.02. The minimum Gasteiger partial charge on any atom is -0.425 e. The van der Waals surface area contributed by atoms with E-state index in [4.69, 9.17) is 4.74 Å². The molecular weight excluding hydrogens is 344 g/mol. The molecule has 0 N–H and O–H groups in total. The van der Waals surface area contributed by atoms with Crippen LogP contribution < -0.4 is 4.74 Å². The molecule has 0 aromatic heterocycles. The van der Waals surface area contributed by atoms with Crippen LogP contribution in [-0.4, -0.2) is 5.97 Å². The lowest BCUT2D eigenvalue weighted by atomic mass is 9.93. The summed E-state index contributed by atoms with van der Waals surface area (Å²) in [6.07, 6.45) is 0. The second-order valence-electron chi connectivity index (χ2n) is 7.31. The fourth-order valence-corrected chi connectivity index (χ4v) is 4.62. The molecule has 2 heteroatoms. The van der Waals surface area contributed by atoms with Crippen molar-refractivity contribution in [1.82, 2.24) is 0 Å². The topological polar surface area (TPSA) is 26.3 Å². The third kappa shape index (κ3) is 1.95. The highest BCUT2D eigenvalue weighted by Gasteiger charge is 2.24. The lowest BCUT2D eigenvalue weighted by molar-refractivity contribution is -0.131. The molecule has 0 heterocycles. The van der Waals surface area contributed by atoms with Crippen molar-refractivity contribution >= 4 is 38.3 Å². The van der Waals surface area contributed by atoms with Crippen LogP contribution in [-0.2, 0) is 4.79 Å². The second-order valence-corrected chi connectivity index (χ2v) is 7.31. The third-order valence-electron chi connectivity index (χ3n) is 5.71. The van der Waals surface area contributed by atoms with Crippen molar-refractivity contribution in [1.29, 1.82) is 0 Å². The standard InChI is InChI=1S/C26H16O2/c1-15(27)28-26-17-8-3-2-7-16(17)13-22-21-12-6-11-20-18-9-4-5-10-19(18)23(25(20)21)14-24(22)26/h2-14H,1H3. The Morgan fingerprint density at radius 1 is 0.643 bits per heavy atom. The van der Waals surface area contributed by atoms with Gasteiger partial charge in [0.1, 0.15) is 5.75 Å². The molecule has 2 nitrogen and oxygen atoms in total. The number of esters is 1. The van der Waals surface area contributed by atoms with Crippen molar-refractivity contribution in [2.24, 2.45) is 0 Å². The van der Waals surface area contributed by atoms with E-state index in [1.807, 2.05) is 18.2 Å². The van der Waals surface area contributed by atoms with Crippen LogP contribution in [0.25, 0.3) is 54.6 Å². The van der Waals surface area contributed by atoms with Gasteiger partial charge in [-0.25, -0.2) is 0 Å². The highest BCUT2D eigenvalue weighted by Crippen LogP contribution is 2.51. The Labute approximate surface area is 162 Å². The van der Waals surface area contributed by atoms with Crippen molar-refractivity contribution in [3.8, 4) is 28.0 Å². The average Bonchev–Trinajstić information content (AvgIpc) is 3.04. The molecule has 5 aromatic rings. The Balaban J connectivity index is 1.87. The van der Waals surface area contributed by atoms with Gasteiger partial charge < -0.3 is 4.74 Å². The molecule has 0 aliphatic heterocycles. The van der Waals surface area contributed by atoms with Crippen LogP contribution in [0.15, 0.2) is 78.9 Å². The van der Waals surface area contributed by atoms with Crippen LogP contribution in [0.4, 0.5) is 0 Å². The third-order valence-corrected chi connectivity index (χ3v) is 5.71. The fourth-order valence-electron chi connectivity index (χ4n) is 4.62. The Bertz CT molecular complexity index is 1460. The maximum Gasteiger partial charge on any atom is 0.308 e. The Kier molecular flexibility index (Phi) is 2.99. The molecular formula is C26H16O2. The molecule has 28 heavy (non-hydrogen) atoms. The summed E-state index contributed by atoms with van der Waals surface area (Å²) in [4.78, 5) is 11.9. The van der Waals surface area contributed by atoms with Crippen LogP contribution in [0.5, 0.6) is 5.75 Å². The number of carbonyl (C=O) groups excluding carboxylic acids is 1. The SMILES string of the molecule is CC(=O)Oc1c2ccccc2cc2c1cc1c3c(cccc32)-c2ccccc2-1. The van der Waals surface area contributed by atoms with Gasteiger partial charge in [0.25, 0.3) is 0 Å². The Morgan fingerprint density at radius 2 is 1.32 bits per heavy atom. The second kappa shape index (κ2) is 5.43. The number of hydrogen-bond donors (Lipinski definition) is 0. The van der Waals surface area contributed by atoms with Gasteiger partial charge in [0.15, 0.2) is 0 Å². The molecule has 6 rings (SSSR count). The zero-order chi connectivity index (χ0) is 18.8. The summed E-state index contributed by atoms with van der Waals surface area (Å²) >= 11 is 0. The van der Waals surface area contributed by atoms with Crippen LogP contribution in [0.1, 0.15) is 6.92 Å². The molecule has 5 aromatic carbocycles. The molecule has 0 fully saturated rings. The number of fused-ring (bicyclic) bond motifs is 6. The number of carbonyl (C=O) groups is 1. The zero-order valence-corrected chi connectivity index (χ0v) is 15.3. The lowest BCUT2D eigenvalue weighted by Gasteiger charge is -2.14. The monoisotopic (exact) mass is 360 g/mol. The van der Waals surface area contributed by atoms with Gasteiger partial charge in [0.2, 0.25) is 0 Å². The molecule has 0 atom stereocenters. The maximum absolute atomic E-state index is 11.9. The minimum absolute atomic E-state index is 0.302. The van der Waals surface area contributed by atoms with Gasteiger partial charge in [-0.3, -0.25) is 4.79 Å². The van der Waals surface area contributed by atoms with Gasteiger partial charge in [-0.15, -0.1) is 0 Å². The number of ether oxygens (including phenoxy) is 1. The van der Waals surface area contributed by atoms with Gasteiger partial charge in [0, 0.05) is 17.7 Å². The summed E-state index contributed by atoms with van der Waals surface area (Å²) in [7, 11) is 0. The van der Waals surface area contributed by atoms with E-state index >= 15 is 0 Å². The first-order chi connectivity index (χ1) is 13.7. The van der Waals surface area contributed by atoms with Gasteiger partial charge in [-0.1, -0.05) is 66.7 Å². The predicted molar refractivity (Wildman–Crippen MR) is 115 cm³/mol. The van der Waals surface area contributed by atoms with Crippen molar-refractivity contribution < 1.29 is 9.53 Å².